The molecular weight excluding hydrogens is 429 g/mol. The number of benzene rings is 1. The first-order valence-corrected chi connectivity index (χ1v) is 9.04. The van der Waals surface area contributed by atoms with Gasteiger partial charge in [-0.05, 0) is 44.2 Å². The summed E-state index contributed by atoms with van der Waals surface area (Å²) in [4.78, 5) is 6.78. The van der Waals surface area contributed by atoms with Gasteiger partial charge in [0.2, 0.25) is 0 Å². The summed E-state index contributed by atoms with van der Waals surface area (Å²) in [5.74, 6) is 2.67. The number of nitrogens with zero attached hydrogens (tertiary/aromatic N) is 2. The SMILES string of the molecule is CCNC(=NCCCOCC1CC1)N(C)CCOc1ccccc1.I. The van der Waals surface area contributed by atoms with Crippen molar-refractivity contribution in [2.24, 2.45) is 10.9 Å². The van der Waals surface area contributed by atoms with Gasteiger partial charge < -0.3 is 19.7 Å². The van der Waals surface area contributed by atoms with E-state index >= 15 is 0 Å². The number of aliphatic imine (C=N–C) groups is 1. The number of halogens is 1. The van der Waals surface area contributed by atoms with Crippen LogP contribution in [0.1, 0.15) is 26.2 Å². The largest absolute Gasteiger partial charge is 0.492 e. The first-order chi connectivity index (χ1) is 11.8. The smallest absolute Gasteiger partial charge is 0.193 e. The summed E-state index contributed by atoms with van der Waals surface area (Å²) in [6, 6.07) is 9.90. The second kappa shape index (κ2) is 13.2. The molecule has 1 fully saturated rings. The van der Waals surface area contributed by atoms with Crippen molar-refractivity contribution in [3.05, 3.63) is 30.3 Å². The van der Waals surface area contributed by atoms with Gasteiger partial charge in [-0.1, -0.05) is 18.2 Å². The lowest BCUT2D eigenvalue weighted by molar-refractivity contribution is 0.123. The fourth-order valence-electron chi connectivity index (χ4n) is 2.28. The minimum absolute atomic E-state index is 0. The van der Waals surface area contributed by atoms with Gasteiger partial charge in [0.25, 0.3) is 0 Å². The highest BCUT2D eigenvalue weighted by Crippen LogP contribution is 2.28. The van der Waals surface area contributed by atoms with Gasteiger partial charge in [-0.2, -0.15) is 0 Å². The summed E-state index contributed by atoms with van der Waals surface area (Å²) in [6.45, 7) is 6.90. The van der Waals surface area contributed by atoms with Crippen LogP contribution in [-0.4, -0.2) is 57.4 Å². The number of ether oxygens (including phenoxy) is 2. The van der Waals surface area contributed by atoms with Crippen molar-refractivity contribution < 1.29 is 9.47 Å². The minimum Gasteiger partial charge on any atom is -0.492 e. The van der Waals surface area contributed by atoms with Crippen LogP contribution in [0.15, 0.2) is 35.3 Å². The third-order valence-corrected chi connectivity index (χ3v) is 3.89. The second-order valence-electron chi connectivity index (χ2n) is 6.19. The molecule has 1 aliphatic rings. The lowest BCUT2D eigenvalue weighted by Crippen LogP contribution is -2.41. The van der Waals surface area contributed by atoms with E-state index in [1.807, 2.05) is 37.4 Å². The Labute approximate surface area is 169 Å². The van der Waals surface area contributed by atoms with Gasteiger partial charge in [0.15, 0.2) is 5.96 Å². The molecule has 1 aliphatic carbocycles. The predicted molar refractivity (Wildman–Crippen MR) is 114 cm³/mol. The zero-order valence-corrected chi connectivity index (χ0v) is 17.8. The average molecular weight is 461 g/mol. The van der Waals surface area contributed by atoms with Crippen molar-refractivity contribution >= 4 is 29.9 Å². The number of nitrogens with one attached hydrogen (secondary N) is 1. The summed E-state index contributed by atoms with van der Waals surface area (Å²) in [5.41, 5.74) is 0. The van der Waals surface area contributed by atoms with Crippen molar-refractivity contribution in [3.8, 4) is 5.75 Å². The maximum Gasteiger partial charge on any atom is 0.193 e. The highest BCUT2D eigenvalue weighted by Gasteiger charge is 2.20. The standard InChI is InChI=1S/C19H31N3O2.HI/c1-3-20-19(21-12-7-14-23-16-17-10-11-17)22(2)13-15-24-18-8-5-4-6-9-18;/h4-6,8-9,17H,3,7,10-16H2,1-2H3,(H,20,21);1H. The monoisotopic (exact) mass is 461 g/mol. The van der Waals surface area contributed by atoms with E-state index in [0.717, 1.165) is 56.9 Å². The van der Waals surface area contributed by atoms with Crippen LogP contribution in [0.2, 0.25) is 0 Å². The van der Waals surface area contributed by atoms with E-state index in [0.29, 0.717) is 6.61 Å². The fraction of sp³-hybridized carbons (Fsp3) is 0.632. The highest BCUT2D eigenvalue weighted by molar-refractivity contribution is 14.0. The van der Waals surface area contributed by atoms with Crippen molar-refractivity contribution in [1.29, 1.82) is 0 Å². The maximum atomic E-state index is 5.75. The lowest BCUT2D eigenvalue weighted by atomic mass is 10.3. The Morgan fingerprint density at radius 2 is 2.00 bits per heavy atom. The molecule has 0 spiro atoms. The van der Waals surface area contributed by atoms with Crippen LogP contribution < -0.4 is 10.1 Å². The molecule has 1 aromatic rings. The summed E-state index contributed by atoms with van der Waals surface area (Å²) in [6.07, 6.45) is 3.66. The summed E-state index contributed by atoms with van der Waals surface area (Å²) in [5, 5.41) is 3.33. The number of rotatable bonds is 11. The molecule has 0 saturated heterocycles. The number of hydrogen-bond donors (Lipinski definition) is 1. The molecule has 0 atom stereocenters. The maximum absolute atomic E-state index is 5.75. The molecule has 2 rings (SSSR count). The fourth-order valence-corrected chi connectivity index (χ4v) is 2.28. The number of hydrogen-bond acceptors (Lipinski definition) is 3. The minimum atomic E-state index is 0. The molecule has 0 unspecified atom stereocenters. The third-order valence-electron chi connectivity index (χ3n) is 3.89. The van der Waals surface area contributed by atoms with Gasteiger partial charge in [-0.15, -0.1) is 24.0 Å². The van der Waals surface area contributed by atoms with Crippen LogP contribution in [0.25, 0.3) is 0 Å². The summed E-state index contributed by atoms with van der Waals surface area (Å²) in [7, 11) is 2.04. The van der Waals surface area contributed by atoms with Crippen LogP contribution in [0.5, 0.6) is 5.75 Å². The molecule has 0 aliphatic heterocycles. The van der Waals surface area contributed by atoms with Crippen molar-refractivity contribution in [3.63, 3.8) is 0 Å². The zero-order chi connectivity index (χ0) is 17.0. The molecule has 0 radical (unpaired) electrons. The van der Waals surface area contributed by atoms with Crippen molar-refractivity contribution in [2.45, 2.75) is 26.2 Å². The topological polar surface area (TPSA) is 46.1 Å². The molecule has 25 heavy (non-hydrogen) atoms. The third kappa shape index (κ3) is 9.89. The molecule has 5 nitrogen and oxygen atoms in total. The quantitative estimate of drug-likeness (QED) is 0.238. The van der Waals surface area contributed by atoms with E-state index in [1.165, 1.54) is 12.8 Å². The molecule has 1 saturated carbocycles. The van der Waals surface area contributed by atoms with Crippen molar-refractivity contribution in [1.82, 2.24) is 10.2 Å². The van der Waals surface area contributed by atoms with Gasteiger partial charge in [0.1, 0.15) is 12.4 Å². The molecule has 0 aromatic heterocycles. The molecule has 6 heteroatoms. The first-order valence-electron chi connectivity index (χ1n) is 9.04. The Bertz CT molecular complexity index is 481. The van der Waals surface area contributed by atoms with Crippen molar-refractivity contribution in [2.75, 3.05) is 46.5 Å². The molecule has 0 bridgehead atoms. The van der Waals surface area contributed by atoms with Gasteiger partial charge in [0.05, 0.1) is 6.54 Å². The molecule has 1 N–H and O–H groups in total. The molecule has 0 amide bonds. The highest BCUT2D eigenvalue weighted by atomic mass is 127. The van der Waals surface area contributed by atoms with Crippen LogP contribution in [-0.2, 0) is 4.74 Å². The number of likely N-dealkylation sites (N-methyl/N-ethyl adjacent to an activating group) is 1. The van der Waals surface area contributed by atoms with Gasteiger partial charge in [-0.3, -0.25) is 4.99 Å². The number of guanidine groups is 1. The van der Waals surface area contributed by atoms with E-state index in [1.54, 1.807) is 0 Å². The Morgan fingerprint density at radius 3 is 2.68 bits per heavy atom. The molecule has 1 aromatic carbocycles. The van der Waals surface area contributed by atoms with E-state index < -0.39 is 0 Å². The molecular formula is C19H32IN3O2. The average Bonchev–Trinajstić information content (AvgIpc) is 3.42. The predicted octanol–water partition coefficient (Wildman–Crippen LogP) is 3.40. The van der Waals surface area contributed by atoms with E-state index in [9.17, 15) is 0 Å². The number of para-hydroxylation sites is 1. The van der Waals surface area contributed by atoms with Crippen LogP contribution in [0.3, 0.4) is 0 Å². The zero-order valence-electron chi connectivity index (χ0n) is 15.4. The Balaban J connectivity index is 0.00000312. The Morgan fingerprint density at radius 1 is 1.24 bits per heavy atom. The normalized spacial score (nSPS) is 13.9. The summed E-state index contributed by atoms with van der Waals surface area (Å²) >= 11 is 0. The Hall–Kier alpha value is -1.02. The van der Waals surface area contributed by atoms with Crippen LogP contribution >= 0.6 is 24.0 Å². The second-order valence-corrected chi connectivity index (χ2v) is 6.19. The Kier molecular flexibility index (Phi) is 11.6. The molecule has 142 valence electrons. The van der Waals surface area contributed by atoms with Gasteiger partial charge in [-0.25, -0.2) is 0 Å². The van der Waals surface area contributed by atoms with E-state index in [4.69, 9.17) is 9.47 Å². The molecule has 0 heterocycles. The summed E-state index contributed by atoms with van der Waals surface area (Å²) < 4.78 is 11.4. The van der Waals surface area contributed by atoms with Gasteiger partial charge >= 0.3 is 0 Å². The van der Waals surface area contributed by atoms with Crippen LogP contribution in [0, 0.1) is 5.92 Å². The van der Waals surface area contributed by atoms with E-state index in [2.05, 4.69) is 22.1 Å². The lowest BCUT2D eigenvalue weighted by Gasteiger charge is -2.22. The van der Waals surface area contributed by atoms with Crippen LogP contribution in [0.4, 0.5) is 0 Å². The van der Waals surface area contributed by atoms with Gasteiger partial charge in [0, 0.05) is 33.4 Å². The van der Waals surface area contributed by atoms with E-state index in [-0.39, 0.29) is 24.0 Å². The first kappa shape index (κ1) is 22.0.